The number of hydrogen-bond acceptors (Lipinski definition) is 11. The Morgan fingerprint density at radius 2 is 1.73 bits per heavy atom. The highest BCUT2D eigenvalue weighted by Crippen LogP contribution is 2.59. The van der Waals surface area contributed by atoms with Gasteiger partial charge in [0.1, 0.15) is 17.6 Å². The average Bonchev–Trinajstić information content (AvgIpc) is 4.09. The maximum absolute atomic E-state index is 14.7. The van der Waals surface area contributed by atoms with Gasteiger partial charge >= 0.3 is 5.97 Å². The zero-order valence-electron chi connectivity index (χ0n) is 32.3. The van der Waals surface area contributed by atoms with Crippen LogP contribution >= 0.6 is 0 Å². The number of sulfonamides is 1. The third-order valence-electron chi connectivity index (χ3n) is 12.5. The smallest absolute Gasteiger partial charge is 0.306 e. The van der Waals surface area contributed by atoms with Crippen molar-refractivity contribution < 1.29 is 46.5 Å². The number of esters is 1. The van der Waals surface area contributed by atoms with Crippen LogP contribution in [0.1, 0.15) is 109 Å². The summed E-state index contributed by atoms with van der Waals surface area (Å²) in [4.78, 5) is 62.7. The molecule has 1 N–H and O–H groups in total. The molecule has 6 atom stereocenters. The fourth-order valence-corrected chi connectivity index (χ4v) is 10.4. The van der Waals surface area contributed by atoms with E-state index in [2.05, 4.69) is 9.71 Å². The normalized spacial score (nSPS) is 29.9. The van der Waals surface area contributed by atoms with Gasteiger partial charge in [0.15, 0.2) is 5.78 Å². The lowest BCUT2D eigenvalue weighted by Crippen LogP contribution is -2.46. The number of pyridine rings is 1. The molecule has 55 heavy (non-hydrogen) atoms. The largest absolute Gasteiger partial charge is 0.496 e. The predicted molar refractivity (Wildman–Crippen MR) is 203 cm³/mol. The number of ether oxygens (including phenoxy) is 4. The second-order valence-electron chi connectivity index (χ2n) is 16.6. The van der Waals surface area contributed by atoms with Gasteiger partial charge in [0.2, 0.25) is 27.7 Å². The van der Waals surface area contributed by atoms with E-state index in [9.17, 15) is 27.6 Å². The Labute approximate surface area is 323 Å². The lowest BCUT2D eigenvalue weighted by atomic mass is 9.90. The highest BCUT2D eigenvalue weighted by atomic mass is 32.2. The maximum atomic E-state index is 14.7. The average molecular weight is 782 g/mol. The van der Waals surface area contributed by atoms with E-state index in [1.165, 1.54) is 7.11 Å². The molecule has 300 valence electrons. The van der Waals surface area contributed by atoms with Crippen LogP contribution in [0.5, 0.6) is 17.4 Å². The van der Waals surface area contributed by atoms with Gasteiger partial charge in [0, 0.05) is 36.3 Å². The van der Waals surface area contributed by atoms with Crippen LogP contribution in [0.25, 0.3) is 10.9 Å². The number of aromatic nitrogens is 1. The number of benzene rings is 1. The van der Waals surface area contributed by atoms with Crippen molar-refractivity contribution in [3.8, 4) is 17.4 Å². The molecule has 0 spiro atoms. The van der Waals surface area contributed by atoms with Crippen LogP contribution in [0.2, 0.25) is 0 Å². The minimum Gasteiger partial charge on any atom is -0.496 e. The first-order valence-corrected chi connectivity index (χ1v) is 21.7. The molecule has 4 fully saturated rings. The fourth-order valence-electron chi connectivity index (χ4n) is 8.98. The highest BCUT2D eigenvalue weighted by molar-refractivity contribution is 7.90. The van der Waals surface area contributed by atoms with Crippen LogP contribution < -0.4 is 18.9 Å². The Morgan fingerprint density at radius 3 is 2.47 bits per heavy atom. The number of carbonyl (C=O) groups excluding carboxylic acids is 4. The predicted octanol–water partition coefficient (Wildman–Crippen LogP) is 5.44. The quantitative estimate of drug-likeness (QED) is 0.384. The zero-order valence-corrected chi connectivity index (χ0v) is 33.1. The second-order valence-corrected chi connectivity index (χ2v) is 18.6. The number of nitrogens with zero attached hydrogens (tertiary/aromatic N) is 2. The number of amides is 2. The second kappa shape index (κ2) is 16.3. The fraction of sp³-hybridized carbons (Fsp3) is 0.683. The first kappa shape index (κ1) is 39.3. The Morgan fingerprint density at radius 1 is 0.964 bits per heavy atom. The molecule has 0 unspecified atom stereocenters. The molecule has 0 radical (unpaired) electrons. The number of nitrogens with one attached hydrogen (secondary N) is 1. The van der Waals surface area contributed by atoms with Gasteiger partial charge in [-0.1, -0.05) is 39.0 Å². The molecule has 1 aromatic carbocycles. The maximum Gasteiger partial charge on any atom is 0.306 e. The van der Waals surface area contributed by atoms with Crippen LogP contribution in [0.4, 0.5) is 0 Å². The monoisotopic (exact) mass is 781 g/mol. The first-order chi connectivity index (χ1) is 26.4. The number of ketones is 1. The number of hydrogen-bond donors (Lipinski definition) is 1. The Hall–Kier alpha value is -3.94. The van der Waals surface area contributed by atoms with E-state index in [0.717, 1.165) is 62.3 Å². The molecule has 5 bridgehead atoms. The molecule has 3 aliphatic heterocycles. The number of rotatable bonds is 5. The summed E-state index contributed by atoms with van der Waals surface area (Å²) in [5, 5.41) is 0.169. The van der Waals surface area contributed by atoms with Gasteiger partial charge < -0.3 is 23.8 Å². The first-order valence-electron chi connectivity index (χ1n) is 20.2. The van der Waals surface area contributed by atoms with Crippen LogP contribution in [0.3, 0.4) is 0 Å². The van der Waals surface area contributed by atoms with E-state index in [0.29, 0.717) is 55.0 Å². The Balaban J connectivity index is 1.25. The molecule has 13 nitrogen and oxygen atoms in total. The molecule has 2 aliphatic carbocycles. The van der Waals surface area contributed by atoms with Crippen LogP contribution in [0.15, 0.2) is 18.2 Å². The van der Waals surface area contributed by atoms with Gasteiger partial charge in [-0.15, -0.1) is 0 Å². The van der Waals surface area contributed by atoms with Crippen LogP contribution in [-0.4, -0.2) is 86.6 Å². The molecule has 2 saturated heterocycles. The molecule has 14 heteroatoms. The van der Waals surface area contributed by atoms with Crippen molar-refractivity contribution in [3.05, 3.63) is 23.8 Å². The van der Waals surface area contributed by atoms with Gasteiger partial charge in [-0.25, -0.2) is 13.4 Å². The molecule has 7 rings (SSSR count). The number of cyclic esters (lactones) is 1. The van der Waals surface area contributed by atoms with Gasteiger partial charge in [-0.2, -0.15) is 0 Å². The number of methoxy groups -OCH3 is 2. The van der Waals surface area contributed by atoms with Crippen molar-refractivity contribution in [1.82, 2.24) is 14.6 Å². The summed E-state index contributed by atoms with van der Waals surface area (Å²) < 4.78 is 51.9. The van der Waals surface area contributed by atoms with Crippen molar-refractivity contribution >= 4 is 44.5 Å². The Bertz CT molecular complexity index is 1910. The third kappa shape index (κ3) is 8.73. The van der Waals surface area contributed by atoms with Crippen molar-refractivity contribution in [2.45, 2.75) is 127 Å². The van der Waals surface area contributed by atoms with Crippen molar-refractivity contribution in [1.29, 1.82) is 0 Å². The van der Waals surface area contributed by atoms with Crippen molar-refractivity contribution in [3.63, 3.8) is 0 Å². The number of aryl methyl sites for hydroxylation is 1. The number of Topliss-reactive ketones (excluding diaryl/α,β-unsaturated/α-hetero) is 1. The summed E-state index contributed by atoms with van der Waals surface area (Å²) in [5.74, 6) is -0.861. The van der Waals surface area contributed by atoms with Gasteiger partial charge in [-0.05, 0) is 74.8 Å². The molecule has 2 aromatic rings. The molecule has 2 amide bonds. The standard InChI is InChI=1S/C41H55N3O10S/c1-25-10-9-12-26-16-31-32(19-35(26)51-2)42-37(52-3)20-36(31)54-29-18-33-34(45)22-41(40(48)43-55(49,50)30-14-15-30)21-28(41)13-8-6-4-5-7-11-27(17-38(46)53-24-25)39(47)44(33)23-29/h16,19-20,25,27-30,33H,4-15,17-18,21-24H2,1-3H3,(H,43,48)/t25-,27-,28-,29-,33+,41-/m1/s1. The van der Waals surface area contributed by atoms with E-state index >= 15 is 0 Å². The topological polar surface area (TPSA) is 167 Å². The van der Waals surface area contributed by atoms with Gasteiger partial charge in [-0.3, -0.25) is 23.9 Å². The molecule has 4 heterocycles. The molecule has 5 aliphatic rings. The summed E-state index contributed by atoms with van der Waals surface area (Å²) in [6.07, 6.45) is 8.64. The molecular formula is C41H55N3O10S. The summed E-state index contributed by atoms with van der Waals surface area (Å²) >= 11 is 0. The summed E-state index contributed by atoms with van der Waals surface area (Å²) in [6.45, 7) is 2.37. The SMILES string of the molecule is COc1cc2c3cc(c(OC)cc3n1)CCC[C@@H](C)COC(=O)C[C@H]1CCCCCCC[C@@H]3C[C@@]3(C(=O)NS(=O)(=O)C3CC3)CC(=O)[C@@H]3C[C@H](CN3C1=O)O2. The molecule has 1 aromatic heterocycles. The summed E-state index contributed by atoms with van der Waals surface area (Å²) in [7, 11) is -0.679. The van der Waals surface area contributed by atoms with E-state index in [1.807, 2.05) is 19.1 Å². The minimum absolute atomic E-state index is 0.0889. The Kier molecular flexibility index (Phi) is 11.6. The number of fused-ring (bicyclic) bond motifs is 4. The van der Waals surface area contributed by atoms with Crippen molar-refractivity contribution in [2.75, 3.05) is 27.4 Å². The van der Waals surface area contributed by atoms with E-state index in [-0.39, 0.29) is 55.9 Å². The van der Waals surface area contributed by atoms with Crippen LogP contribution in [0, 0.1) is 23.2 Å². The van der Waals surface area contributed by atoms with Crippen LogP contribution in [-0.2, 0) is 40.4 Å². The van der Waals surface area contributed by atoms with E-state index < -0.39 is 50.6 Å². The third-order valence-corrected chi connectivity index (χ3v) is 14.3. The van der Waals surface area contributed by atoms with Gasteiger partial charge in [0.05, 0.1) is 56.0 Å². The van der Waals surface area contributed by atoms with Crippen molar-refractivity contribution in [2.24, 2.45) is 23.2 Å². The van der Waals surface area contributed by atoms with E-state index in [4.69, 9.17) is 18.9 Å². The number of carbonyl (C=O) groups is 4. The lowest BCUT2D eigenvalue weighted by molar-refractivity contribution is -0.151. The zero-order chi connectivity index (χ0) is 38.9. The van der Waals surface area contributed by atoms with Gasteiger partial charge in [0.25, 0.3) is 0 Å². The highest BCUT2D eigenvalue weighted by Gasteiger charge is 2.62. The lowest BCUT2D eigenvalue weighted by Gasteiger charge is -2.29. The summed E-state index contributed by atoms with van der Waals surface area (Å²) in [6, 6.07) is 4.65. The summed E-state index contributed by atoms with van der Waals surface area (Å²) in [5.41, 5.74) is 0.428. The van der Waals surface area contributed by atoms with E-state index in [1.54, 1.807) is 18.1 Å². The molecular weight excluding hydrogens is 727 g/mol. The molecule has 2 saturated carbocycles. The minimum atomic E-state index is -3.82.